The Morgan fingerprint density at radius 1 is 1.10 bits per heavy atom. The summed E-state index contributed by atoms with van der Waals surface area (Å²) in [5, 5.41) is 6.05. The number of hydrogen-bond donors (Lipinski definition) is 2. The molecular weight excluding hydrogens is 328 g/mol. The van der Waals surface area contributed by atoms with Crippen LogP contribution >= 0.6 is 15.9 Å². The fraction of sp³-hybridized carbons (Fsp3) is 0.235. The highest BCUT2D eigenvalue weighted by molar-refractivity contribution is 9.10. The second kappa shape index (κ2) is 7.96. The Hall–Kier alpha value is -1.65. The van der Waals surface area contributed by atoms with Gasteiger partial charge in [-0.3, -0.25) is 4.79 Å². The van der Waals surface area contributed by atoms with Crippen LogP contribution < -0.4 is 10.6 Å². The van der Waals surface area contributed by atoms with Crippen LogP contribution in [-0.4, -0.2) is 12.5 Å². The van der Waals surface area contributed by atoms with E-state index in [4.69, 9.17) is 0 Å². The van der Waals surface area contributed by atoms with Gasteiger partial charge in [0.1, 0.15) is 0 Å². The van der Waals surface area contributed by atoms with Gasteiger partial charge in [0.05, 0.1) is 6.54 Å². The first-order valence-electron chi connectivity index (χ1n) is 7.02. The molecule has 0 saturated carbocycles. The summed E-state index contributed by atoms with van der Waals surface area (Å²) in [5.41, 5.74) is 3.36. The summed E-state index contributed by atoms with van der Waals surface area (Å²) in [6.07, 6.45) is 1.00. The molecule has 0 aliphatic carbocycles. The molecule has 1 amide bonds. The summed E-state index contributed by atoms with van der Waals surface area (Å²) >= 11 is 3.38. The van der Waals surface area contributed by atoms with Crippen molar-refractivity contribution in [1.29, 1.82) is 0 Å². The van der Waals surface area contributed by atoms with Crippen molar-refractivity contribution in [3.05, 3.63) is 64.1 Å². The van der Waals surface area contributed by atoms with Gasteiger partial charge in [-0.1, -0.05) is 53.2 Å². The van der Waals surface area contributed by atoms with Gasteiger partial charge >= 0.3 is 0 Å². The molecule has 2 rings (SSSR count). The van der Waals surface area contributed by atoms with Crippen molar-refractivity contribution in [2.24, 2.45) is 0 Å². The van der Waals surface area contributed by atoms with Gasteiger partial charge < -0.3 is 10.6 Å². The minimum absolute atomic E-state index is 0.0397. The number of amides is 1. The van der Waals surface area contributed by atoms with Gasteiger partial charge in [-0.25, -0.2) is 0 Å². The molecule has 0 aliphatic rings. The smallest absolute Gasteiger partial charge is 0.238 e. The average Bonchev–Trinajstić information content (AvgIpc) is 2.47. The average molecular weight is 347 g/mol. The van der Waals surface area contributed by atoms with Crippen molar-refractivity contribution in [2.75, 3.05) is 11.9 Å². The van der Waals surface area contributed by atoms with E-state index in [1.807, 2.05) is 36.4 Å². The molecule has 0 heterocycles. The fourth-order valence-electron chi connectivity index (χ4n) is 2.16. The quantitative estimate of drug-likeness (QED) is 0.836. The number of anilines is 1. The zero-order chi connectivity index (χ0) is 15.1. The maximum atomic E-state index is 11.9. The molecule has 110 valence electrons. The van der Waals surface area contributed by atoms with Gasteiger partial charge in [0.2, 0.25) is 5.91 Å². The maximum Gasteiger partial charge on any atom is 0.238 e. The van der Waals surface area contributed by atoms with Crippen LogP contribution in [-0.2, 0) is 17.8 Å². The number of halogens is 1. The largest absolute Gasteiger partial charge is 0.325 e. The van der Waals surface area contributed by atoms with Crippen molar-refractivity contribution in [3.8, 4) is 0 Å². The number of rotatable bonds is 6. The summed E-state index contributed by atoms with van der Waals surface area (Å²) < 4.78 is 0.949. The molecular formula is C17H19BrN2O. The van der Waals surface area contributed by atoms with E-state index in [9.17, 15) is 4.79 Å². The lowest BCUT2D eigenvalue weighted by Crippen LogP contribution is -2.28. The second-order valence-electron chi connectivity index (χ2n) is 4.78. The lowest BCUT2D eigenvalue weighted by molar-refractivity contribution is -0.115. The van der Waals surface area contributed by atoms with Crippen LogP contribution in [0.1, 0.15) is 18.1 Å². The summed E-state index contributed by atoms with van der Waals surface area (Å²) in [7, 11) is 0. The molecule has 2 N–H and O–H groups in total. The third kappa shape index (κ3) is 4.99. The highest BCUT2D eigenvalue weighted by Gasteiger charge is 2.04. The molecule has 0 fully saturated rings. The third-order valence-electron chi connectivity index (χ3n) is 3.21. The monoisotopic (exact) mass is 346 g/mol. The molecule has 0 atom stereocenters. The number of aryl methyl sites for hydroxylation is 1. The van der Waals surface area contributed by atoms with E-state index in [1.165, 1.54) is 11.1 Å². The highest BCUT2D eigenvalue weighted by Crippen LogP contribution is 2.15. The standard InChI is InChI=1S/C17H19BrN2O/c1-2-13-6-3-4-7-14(13)11-19-12-17(21)20-16-9-5-8-15(18)10-16/h3-10,19H,2,11-12H2,1H3,(H,20,21). The summed E-state index contributed by atoms with van der Waals surface area (Å²) in [5.74, 6) is -0.0397. The molecule has 0 bridgehead atoms. The molecule has 4 heteroatoms. The Morgan fingerprint density at radius 3 is 2.57 bits per heavy atom. The number of carbonyl (C=O) groups excluding carboxylic acids is 1. The van der Waals surface area contributed by atoms with Crippen LogP contribution in [0.25, 0.3) is 0 Å². The Morgan fingerprint density at radius 2 is 1.86 bits per heavy atom. The first kappa shape index (κ1) is 15.7. The predicted molar refractivity (Wildman–Crippen MR) is 90.3 cm³/mol. The van der Waals surface area contributed by atoms with E-state index in [-0.39, 0.29) is 5.91 Å². The second-order valence-corrected chi connectivity index (χ2v) is 5.70. The lowest BCUT2D eigenvalue weighted by atomic mass is 10.1. The van der Waals surface area contributed by atoms with E-state index in [1.54, 1.807) is 0 Å². The van der Waals surface area contributed by atoms with Gasteiger partial charge in [-0.2, -0.15) is 0 Å². The molecule has 0 aromatic heterocycles. The van der Waals surface area contributed by atoms with Crippen molar-refractivity contribution < 1.29 is 4.79 Å². The normalized spacial score (nSPS) is 10.4. The molecule has 0 spiro atoms. The molecule has 0 saturated heterocycles. The maximum absolute atomic E-state index is 11.9. The SMILES string of the molecule is CCc1ccccc1CNCC(=O)Nc1cccc(Br)c1. The Balaban J connectivity index is 1.82. The van der Waals surface area contributed by atoms with Crippen LogP contribution in [0.2, 0.25) is 0 Å². The van der Waals surface area contributed by atoms with E-state index >= 15 is 0 Å². The Labute approximate surface area is 133 Å². The highest BCUT2D eigenvalue weighted by atomic mass is 79.9. The van der Waals surface area contributed by atoms with E-state index in [2.05, 4.69) is 45.6 Å². The Bertz CT molecular complexity index is 613. The van der Waals surface area contributed by atoms with E-state index < -0.39 is 0 Å². The number of carbonyl (C=O) groups is 1. The predicted octanol–water partition coefficient (Wildman–Crippen LogP) is 3.74. The molecule has 0 unspecified atom stereocenters. The number of benzene rings is 2. The molecule has 0 aliphatic heterocycles. The van der Waals surface area contributed by atoms with Crippen LogP contribution in [0.5, 0.6) is 0 Å². The van der Waals surface area contributed by atoms with Gasteiger partial charge in [0.15, 0.2) is 0 Å². The zero-order valence-corrected chi connectivity index (χ0v) is 13.6. The first-order chi connectivity index (χ1) is 10.2. The molecule has 2 aromatic rings. The van der Waals surface area contributed by atoms with Crippen LogP contribution in [0.3, 0.4) is 0 Å². The van der Waals surface area contributed by atoms with Crippen molar-refractivity contribution in [2.45, 2.75) is 19.9 Å². The first-order valence-corrected chi connectivity index (χ1v) is 7.81. The molecule has 21 heavy (non-hydrogen) atoms. The van der Waals surface area contributed by atoms with Crippen LogP contribution in [0.15, 0.2) is 53.0 Å². The number of hydrogen-bond acceptors (Lipinski definition) is 2. The summed E-state index contributed by atoms with van der Waals surface area (Å²) in [6.45, 7) is 3.14. The minimum atomic E-state index is -0.0397. The third-order valence-corrected chi connectivity index (χ3v) is 3.70. The van der Waals surface area contributed by atoms with Crippen molar-refractivity contribution >= 4 is 27.5 Å². The van der Waals surface area contributed by atoms with Gasteiger partial charge in [-0.15, -0.1) is 0 Å². The zero-order valence-electron chi connectivity index (χ0n) is 12.0. The van der Waals surface area contributed by atoms with Crippen LogP contribution in [0, 0.1) is 0 Å². The topological polar surface area (TPSA) is 41.1 Å². The lowest BCUT2D eigenvalue weighted by Gasteiger charge is -2.10. The minimum Gasteiger partial charge on any atom is -0.325 e. The molecule has 3 nitrogen and oxygen atoms in total. The van der Waals surface area contributed by atoms with Gasteiger partial charge in [0, 0.05) is 16.7 Å². The number of nitrogens with one attached hydrogen (secondary N) is 2. The van der Waals surface area contributed by atoms with Crippen LogP contribution in [0.4, 0.5) is 5.69 Å². The van der Waals surface area contributed by atoms with E-state index in [0.717, 1.165) is 16.6 Å². The fourth-order valence-corrected chi connectivity index (χ4v) is 2.56. The van der Waals surface area contributed by atoms with E-state index in [0.29, 0.717) is 13.1 Å². The molecule has 2 aromatic carbocycles. The molecule has 0 radical (unpaired) electrons. The summed E-state index contributed by atoms with van der Waals surface area (Å²) in [6, 6.07) is 15.9. The van der Waals surface area contributed by atoms with Gasteiger partial charge in [-0.05, 0) is 35.7 Å². The van der Waals surface area contributed by atoms with Gasteiger partial charge in [0.25, 0.3) is 0 Å². The van der Waals surface area contributed by atoms with Crippen molar-refractivity contribution in [1.82, 2.24) is 5.32 Å². The summed E-state index contributed by atoms with van der Waals surface area (Å²) in [4.78, 5) is 11.9. The Kier molecular flexibility index (Phi) is 5.96. The van der Waals surface area contributed by atoms with Crippen molar-refractivity contribution in [3.63, 3.8) is 0 Å².